The summed E-state index contributed by atoms with van der Waals surface area (Å²) in [4.78, 5) is 0. The summed E-state index contributed by atoms with van der Waals surface area (Å²) in [6.07, 6.45) is 7.64. The summed E-state index contributed by atoms with van der Waals surface area (Å²) in [6.45, 7) is 2.32. The van der Waals surface area contributed by atoms with Crippen molar-refractivity contribution >= 4 is 0 Å². The Morgan fingerprint density at radius 3 is 2.67 bits per heavy atom. The van der Waals surface area contributed by atoms with Gasteiger partial charge in [0.15, 0.2) is 0 Å². The quantitative estimate of drug-likeness (QED) is 0.531. The van der Waals surface area contributed by atoms with E-state index in [9.17, 15) is 0 Å². The molecule has 0 radical (unpaired) electrons. The molecule has 1 unspecified atom stereocenters. The van der Waals surface area contributed by atoms with Crippen LogP contribution in [0.4, 0.5) is 0 Å². The minimum atomic E-state index is 1.15. The molecule has 0 aliphatic heterocycles. The Kier molecular flexibility index (Phi) is 1.28. The third-order valence-electron chi connectivity index (χ3n) is 3.15. The van der Waals surface area contributed by atoms with Crippen LogP contribution in [0, 0.1) is 17.8 Å². The van der Waals surface area contributed by atoms with Gasteiger partial charge in [0.2, 0.25) is 0 Å². The molecule has 0 heterocycles. The minimum Gasteiger partial charge on any atom is -0.0654 e. The van der Waals surface area contributed by atoms with E-state index in [0.717, 1.165) is 5.92 Å². The van der Waals surface area contributed by atoms with Gasteiger partial charge in [0.25, 0.3) is 0 Å². The molecule has 0 bridgehead atoms. The lowest BCUT2D eigenvalue weighted by molar-refractivity contribution is 0.439. The predicted octanol–water partition coefficient (Wildman–Crippen LogP) is 2.83. The molecular weight excluding hydrogens is 108 g/mol. The molecule has 0 aromatic rings. The first-order valence-corrected chi connectivity index (χ1v) is 4.42. The molecule has 0 amide bonds. The van der Waals surface area contributed by atoms with Crippen LogP contribution in [-0.4, -0.2) is 0 Å². The van der Waals surface area contributed by atoms with Crippen LogP contribution >= 0.6 is 0 Å². The van der Waals surface area contributed by atoms with E-state index in [4.69, 9.17) is 0 Å². The van der Waals surface area contributed by atoms with Crippen LogP contribution < -0.4 is 0 Å². The smallest absolute Gasteiger partial charge is 0.0355 e. The molecule has 2 aliphatic carbocycles. The van der Waals surface area contributed by atoms with Gasteiger partial charge in [-0.25, -0.2) is 0 Å². The lowest BCUT2D eigenvalue weighted by Crippen LogP contribution is -1.96. The fourth-order valence-electron chi connectivity index (χ4n) is 2.55. The number of rotatable bonds is 2. The molecule has 0 aromatic carbocycles. The zero-order valence-electron chi connectivity index (χ0n) is 6.27. The first kappa shape index (κ1) is 5.76. The molecule has 0 nitrogen and oxygen atoms in total. The summed E-state index contributed by atoms with van der Waals surface area (Å²) in [6, 6.07) is 0. The molecule has 9 heavy (non-hydrogen) atoms. The third kappa shape index (κ3) is 0.889. The summed E-state index contributed by atoms with van der Waals surface area (Å²) in [7, 11) is 0. The van der Waals surface area contributed by atoms with Crippen molar-refractivity contribution in [2.75, 3.05) is 0 Å². The number of hydrogen-bond acceptors (Lipinski definition) is 0. The summed E-state index contributed by atoms with van der Waals surface area (Å²) in [5, 5.41) is 0. The molecule has 2 fully saturated rings. The normalized spacial score (nSPS) is 47.0. The highest BCUT2D eigenvalue weighted by Crippen LogP contribution is 2.56. The maximum atomic E-state index is 2.32. The molecule has 2 aliphatic rings. The average molecular weight is 124 g/mol. The zero-order valence-corrected chi connectivity index (χ0v) is 6.27. The molecule has 2 saturated carbocycles. The van der Waals surface area contributed by atoms with E-state index in [1.165, 1.54) is 24.7 Å². The van der Waals surface area contributed by atoms with Crippen LogP contribution in [-0.2, 0) is 0 Å². The SMILES string of the molecule is CCCC1CC[C@H]2C[C@@H]12. The summed E-state index contributed by atoms with van der Waals surface area (Å²) in [5.41, 5.74) is 0. The minimum absolute atomic E-state index is 1.15. The largest absolute Gasteiger partial charge is 0.0654 e. The predicted molar refractivity (Wildman–Crippen MR) is 39.2 cm³/mol. The van der Waals surface area contributed by atoms with Gasteiger partial charge in [-0.1, -0.05) is 19.8 Å². The van der Waals surface area contributed by atoms with Gasteiger partial charge in [-0.3, -0.25) is 0 Å². The van der Waals surface area contributed by atoms with Crippen LogP contribution in [0.25, 0.3) is 0 Å². The maximum Gasteiger partial charge on any atom is -0.0355 e. The van der Waals surface area contributed by atoms with Crippen molar-refractivity contribution in [1.82, 2.24) is 0 Å². The summed E-state index contributed by atoms with van der Waals surface area (Å²) in [5.74, 6) is 3.55. The van der Waals surface area contributed by atoms with Gasteiger partial charge in [0.1, 0.15) is 0 Å². The van der Waals surface area contributed by atoms with Crippen molar-refractivity contribution in [2.45, 2.75) is 39.0 Å². The highest BCUT2D eigenvalue weighted by molar-refractivity contribution is 4.96. The standard InChI is InChI=1S/C9H16/c1-2-3-7-4-5-8-6-9(7)8/h7-9H,2-6H2,1H3/t7?,8-,9-/m0/s1. The highest BCUT2D eigenvalue weighted by atomic mass is 14.5. The highest BCUT2D eigenvalue weighted by Gasteiger charge is 2.46. The molecular formula is C9H16. The fourth-order valence-corrected chi connectivity index (χ4v) is 2.55. The Morgan fingerprint density at radius 2 is 2.22 bits per heavy atom. The van der Waals surface area contributed by atoms with Gasteiger partial charge < -0.3 is 0 Å². The first-order chi connectivity index (χ1) is 4.42. The Balaban J connectivity index is 1.84. The maximum absolute atomic E-state index is 2.32. The van der Waals surface area contributed by atoms with Gasteiger partial charge in [-0.15, -0.1) is 0 Å². The van der Waals surface area contributed by atoms with E-state index < -0.39 is 0 Å². The second-order valence-electron chi connectivity index (χ2n) is 3.79. The van der Waals surface area contributed by atoms with Gasteiger partial charge >= 0.3 is 0 Å². The third-order valence-corrected chi connectivity index (χ3v) is 3.15. The second-order valence-corrected chi connectivity index (χ2v) is 3.79. The molecule has 2 rings (SSSR count). The molecule has 0 spiro atoms. The van der Waals surface area contributed by atoms with Crippen LogP contribution in [0.1, 0.15) is 39.0 Å². The second kappa shape index (κ2) is 2.00. The van der Waals surface area contributed by atoms with E-state index in [1.54, 1.807) is 19.3 Å². The van der Waals surface area contributed by atoms with Crippen molar-refractivity contribution in [3.8, 4) is 0 Å². The molecule has 52 valence electrons. The zero-order chi connectivity index (χ0) is 6.27. The molecule has 0 heteroatoms. The topological polar surface area (TPSA) is 0 Å². The van der Waals surface area contributed by atoms with Crippen LogP contribution in [0.5, 0.6) is 0 Å². The molecule has 0 saturated heterocycles. The van der Waals surface area contributed by atoms with Crippen molar-refractivity contribution < 1.29 is 0 Å². The first-order valence-electron chi connectivity index (χ1n) is 4.42. The van der Waals surface area contributed by atoms with Gasteiger partial charge in [0, 0.05) is 0 Å². The van der Waals surface area contributed by atoms with Crippen molar-refractivity contribution in [3.63, 3.8) is 0 Å². The lowest BCUT2D eigenvalue weighted by Gasteiger charge is -2.07. The van der Waals surface area contributed by atoms with E-state index >= 15 is 0 Å². The van der Waals surface area contributed by atoms with Gasteiger partial charge in [-0.2, -0.15) is 0 Å². The average Bonchev–Trinajstić information content (AvgIpc) is 2.54. The molecule has 3 atom stereocenters. The summed E-state index contributed by atoms with van der Waals surface area (Å²) >= 11 is 0. The van der Waals surface area contributed by atoms with Gasteiger partial charge in [0.05, 0.1) is 0 Å². The van der Waals surface area contributed by atoms with E-state index in [2.05, 4.69) is 6.92 Å². The fraction of sp³-hybridized carbons (Fsp3) is 1.00. The van der Waals surface area contributed by atoms with Crippen molar-refractivity contribution in [3.05, 3.63) is 0 Å². The van der Waals surface area contributed by atoms with E-state index in [-0.39, 0.29) is 0 Å². The Morgan fingerprint density at radius 1 is 1.33 bits per heavy atom. The van der Waals surface area contributed by atoms with Crippen molar-refractivity contribution in [2.24, 2.45) is 17.8 Å². The Hall–Kier alpha value is 0. The lowest BCUT2D eigenvalue weighted by atomic mass is 9.98. The molecule has 0 N–H and O–H groups in total. The van der Waals surface area contributed by atoms with E-state index in [0.29, 0.717) is 0 Å². The van der Waals surface area contributed by atoms with Gasteiger partial charge in [-0.05, 0) is 37.0 Å². The number of fused-ring (bicyclic) bond motifs is 1. The van der Waals surface area contributed by atoms with Crippen molar-refractivity contribution in [1.29, 1.82) is 0 Å². The summed E-state index contributed by atoms with van der Waals surface area (Å²) < 4.78 is 0. The molecule has 0 aromatic heterocycles. The van der Waals surface area contributed by atoms with Crippen LogP contribution in [0.3, 0.4) is 0 Å². The number of hydrogen-bond donors (Lipinski definition) is 0. The van der Waals surface area contributed by atoms with Crippen LogP contribution in [0.2, 0.25) is 0 Å². The Labute approximate surface area is 57.6 Å². The monoisotopic (exact) mass is 124 g/mol. The van der Waals surface area contributed by atoms with Crippen LogP contribution in [0.15, 0.2) is 0 Å². The Bertz CT molecular complexity index is 107. The van der Waals surface area contributed by atoms with E-state index in [1.807, 2.05) is 0 Å².